The normalized spacial score (nSPS) is 18.8. The maximum atomic E-state index is 13.8. The molecule has 2 aromatic carbocycles. The largest absolute Gasteiger partial charge is 0.317 e. The van der Waals surface area contributed by atoms with Crippen LogP contribution in [0.1, 0.15) is 57.7 Å². The molecule has 33 heavy (non-hydrogen) atoms. The lowest BCUT2D eigenvalue weighted by atomic mass is 9.92. The van der Waals surface area contributed by atoms with E-state index in [0.29, 0.717) is 29.3 Å². The number of nitrogens with zero attached hydrogens (tertiary/aromatic N) is 3. The van der Waals surface area contributed by atoms with Crippen LogP contribution in [0, 0.1) is 5.82 Å². The number of fused-ring (bicyclic) bond motifs is 1. The third kappa shape index (κ3) is 4.30. The van der Waals surface area contributed by atoms with Crippen molar-refractivity contribution in [1.29, 1.82) is 0 Å². The van der Waals surface area contributed by atoms with Gasteiger partial charge in [0.25, 0.3) is 5.91 Å². The number of carbonyl (C=O) groups excluding carboxylic acids is 1. The Labute approximate surface area is 195 Å². The number of benzene rings is 2. The van der Waals surface area contributed by atoms with Gasteiger partial charge in [-0.05, 0) is 73.9 Å². The number of anilines is 1. The van der Waals surface area contributed by atoms with Crippen LogP contribution in [0.25, 0.3) is 0 Å². The van der Waals surface area contributed by atoms with E-state index in [0.717, 1.165) is 42.6 Å². The number of hydrogen-bond acceptors (Lipinski definition) is 6. The van der Waals surface area contributed by atoms with Gasteiger partial charge < -0.3 is 5.32 Å². The van der Waals surface area contributed by atoms with Crippen LogP contribution in [-0.2, 0) is 22.9 Å². The molecule has 5 rings (SSSR count). The highest BCUT2D eigenvalue weighted by molar-refractivity contribution is 7.89. The molecule has 172 valence electrons. The zero-order chi connectivity index (χ0) is 23.0. The second-order valence-electron chi connectivity index (χ2n) is 8.29. The monoisotopic (exact) mass is 486 g/mol. The van der Waals surface area contributed by atoms with Crippen LogP contribution >= 0.6 is 11.3 Å². The number of carbonyl (C=O) groups is 1. The lowest BCUT2D eigenvalue weighted by molar-refractivity contribution is 0.102. The number of para-hydroxylation sites is 1. The zero-order valence-electron chi connectivity index (χ0n) is 17.8. The minimum absolute atomic E-state index is 0.0525. The fraction of sp³-hybridized carbons (Fsp3) is 0.348. The molecule has 2 heterocycles. The number of hydrogen-bond donors (Lipinski definition) is 1. The topological polar surface area (TPSA) is 92.3 Å². The predicted octanol–water partition coefficient (Wildman–Crippen LogP) is 4.33. The van der Waals surface area contributed by atoms with E-state index in [1.165, 1.54) is 28.1 Å². The highest BCUT2D eigenvalue weighted by Gasteiger charge is 2.38. The van der Waals surface area contributed by atoms with Crippen molar-refractivity contribution in [3.63, 3.8) is 0 Å². The van der Waals surface area contributed by atoms with Gasteiger partial charge in [-0.1, -0.05) is 29.5 Å². The van der Waals surface area contributed by atoms with Crippen molar-refractivity contribution in [1.82, 2.24) is 14.5 Å². The van der Waals surface area contributed by atoms with Gasteiger partial charge in [-0.25, -0.2) is 12.8 Å². The summed E-state index contributed by atoms with van der Waals surface area (Å²) in [6.07, 6.45) is 5.41. The molecular weight excluding hydrogens is 463 g/mol. The van der Waals surface area contributed by atoms with Crippen molar-refractivity contribution in [3.05, 3.63) is 69.4 Å². The minimum atomic E-state index is -3.71. The molecule has 2 aliphatic rings. The lowest BCUT2D eigenvalue weighted by Gasteiger charge is -2.23. The van der Waals surface area contributed by atoms with Gasteiger partial charge in [0.1, 0.15) is 10.8 Å². The van der Waals surface area contributed by atoms with Gasteiger partial charge in [0, 0.05) is 6.54 Å². The van der Waals surface area contributed by atoms with Gasteiger partial charge in [0.05, 0.1) is 16.6 Å². The van der Waals surface area contributed by atoms with Crippen molar-refractivity contribution in [2.75, 3.05) is 11.9 Å². The van der Waals surface area contributed by atoms with E-state index in [-0.39, 0.29) is 10.7 Å². The van der Waals surface area contributed by atoms with E-state index >= 15 is 0 Å². The van der Waals surface area contributed by atoms with E-state index in [4.69, 9.17) is 0 Å². The Morgan fingerprint density at radius 3 is 2.67 bits per heavy atom. The molecule has 1 fully saturated rings. The molecule has 1 saturated heterocycles. The second kappa shape index (κ2) is 8.92. The highest BCUT2D eigenvalue weighted by Crippen LogP contribution is 2.38. The molecule has 0 saturated carbocycles. The molecule has 0 bridgehead atoms. The maximum Gasteiger partial charge on any atom is 0.286 e. The first-order valence-corrected chi connectivity index (χ1v) is 13.2. The van der Waals surface area contributed by atoms with Gasteiger partial charge in [-0.15, -0.1) is 10.2 Å². The predicted molar refractivity (Wildman–Crippen MR) is 123 cm³/mol. The molecular formula is C23H23FN4O3S2. The smallest absolute Gasteiger partial charge is 0.286 e. The Balaban J connectivity index is 1.37. The zero-order valence-corrected chi connectivity index (χ0v) is 19.5. The Bertz CT molecular complexity index is 1310. The molecule has 0 spiro atoms. The van der Waals surface area contributed by atoms with E-state index in [1.54, 1.807) is 12.1 Å². The van der Waals surface area contributed by atoms with Gasteiger partial charge >= 0.3 is 0 Å². The molecule has 1 aliphatic heterocycles. The van der Waals surface area contributed by atoms with Crippen LogP contribution in [0.4, 0.5) is 10.1 Å². The summed E-state index contributed by atoms with van der Waals surface area (Å²) in [5.41, 5.74) is 2.39. The summed E-state index contributed by atoms with van der Waals surface area (Å²) in [5, 5.41) is 11.1. The number of halogens is 1. The first-order valence-electron chi connectivity index (χ1n) is 11.0. The number of aromatic nitrogens is 2. The van der Waals surface area contributed by atoms with Crippen LogP contribution in [0.15, 0.2) is 47.4 Å². The standard InChI is InChI=1S/C23H23FN4O3S2/c24-18-8-3-4-9-19(18)25-21(29)23-27-26-22(32-23)20-10-5-13-28(20)33(30,31)17-12-11-15-6-1-2-7-16(15)14-17/h3-4,8-9,11-12,14,20H,1-2,5-7,10,13H2,(H,25,29). The van der Waals surface area contributed by atoms with E-state index in [1.807, 2.05) is 12.1 Å². The van der Waals surface area contributed by atoms with Crippen LogP contribution in [0.5, 0.6) is 0 Å². The molecule has 1 aromatic heterocycles. The van der Waals surface area contributed by atoms with Crippen molar-refractivity contribution in [2.24, 2.45) is 0 Å². The summed E-state index contributed by atoms with van der Waals surface area (Å²) >= 11 is 1.04. The lowest BCUT2D eigenvalue weighted by Crippen LogP contribution is -2.30. The highest BCUT2D eigenvalue weighted by atomic mass is 32.2. The number of nitrogens with one attached hydrogen (secondary N) is 1. The van der Waals surface area contributed by atoms with Gasteiger partial charge in [-0.3, -0.25) is 4.79 Å². The Kier molecular flexibility index (Phi) is 5.98. The first-order chi connectivity index (χ1) is 15.9. The molecule has 1 atom stereocenters. The number of rotatable bonds is 5. The molecule has 1 unspecified atom stereocenters. The third-order valence-electron chi connectivity index (χ3n) is 6.17. The van der Waals surface area contributed by atoms with Gasteiger partial charge in [-0.2, -0.15) is 4.31 Å². The molecule has 1 N–H and O–H groups in total. The Hall–Kier alpha value is -2.69. The number of aryl methyl sites for hydroxylation is 2. The van der Waals surface area contributed by atoms with E-state index in [2.05, 4.69) is 15.5 Å². The molecule has 1 amide bonds. The SMILES string of the molecule is O=C(Nc1ccccc1F)c1nnc(C2CCCN2S(=O)(=O)c2ccc3c(c2)CCCC3)s1. The van der Waals surface area contributed by atoms with Crippen molar-refractivity contribution >= 4 is 33.0 Å². The summed E-state index contributed by atoms with van der Waals surface area (Å²) in [5.74, 6) is -1.13. The summed E-state index contributed by atoms with van der Waals surface area (Å²) in [7, 11) is -3.71. The van der Waals surface area contributed by atoms with E-state index < -0.39 is 27.8 Å². The number of amides is 1. The fourth-order valence-electron chi connectivity index (χ4n) is 4.48. The first kappa shape index (κ1) is 22.1. The summed E-state index contributed by atoms with van der Waals surface area (Å²) in [4.78, 5) is 12.8. The van der Waals surface area contributed by atoms with Gasteiger partial charge in [0.15, 0.2) is 0 Å². The number of sulfonamides is 1. The summed E-state index contributed by atoms with van der Waals surface area (Å²) in [6, 6.07) is 10.8. The molecule has 0 radical (unpaired) electrons. The summed E-state index contributed by atoms with van der Waals surface area (Å²) in [6.45, 7) is 0.389. The van der Waals surface area contributed by atoms with Crippen LogP contribution in [0.2, 0.25) is 0 Å². The fourth-order valence-corrected chi connectivity index (χ4v) is 7.14. The van der Waals surface area contributed by atoms with Crippen molar-refractivity contribution in [3.8, 4) is 0 Å². The van der Waals surface area contributed by atoms with Crippen LogP contribution in [-0.4, -0.2) is 35.4 Å². The average Bonchev–Trinajstić information content (AvgIpc) is 3.50. The van der Waals surface area contributed by atoms with Gasteiger partial charge in [0.2, 0.25) is 15.0 Å². The Morgan fingerprint density at radius 2 is 1.85 bits per heavy atom. The van der Waals surface area contributed by atoms with E-state index in [9.17, 15) is 17.6 Å². The summed E-state index contributed by atoms with van der Waals surface area (Å²) < 4.78 is 42.3. The average molecular weight is 487 g/mol. The second-order valence-corrected chi connectivity index (χ2v) is 11.2. The van der Waals surface area contributed by atoms with Crippen LogP contribution in [0.3, 0.4) is 0 Å². The molecule has 7 nitrogen and oxygen atoms in total. The van der Waals surface area contributed by atoms with Crippen molar-refractivity contribution < 1.29 is 17.6 Å². The minimum Gasteiger partial charge on any atom is -0.317 e. The Morgan fingerprint density at radius 1 is 1.06 bits per heavy atom. The van der Waals surface area contributed by atoms with Crippen LogP contribution < -0.4 is 5.32 Å². The maximum absolute atomic E-state index is 13.8. The third-order valence-corrected chi connectivity index (χ3v) is 9.10. The quantitative estimate of drug-likeness (QED) is 0.579. The molecule has 1 aliphatic carbocycles. The molecule has 10 heteroatoms. The van der Waals surface area contributed by atoms with Crippen molar-refractivity contribution in [2.45, 2.75) is 49.5 Å². The molecule has 3 aromatic rings.